The molecule has 1 N–H and O–H groups in total. The second kappa shape index (κ2) is 5.61. The summed E-state index contributed by atoms with van der Waals surface area (Å²) in [7, 11) is 0. The molecule has 0 saturated carbocycles. The standard InChI is InChI=1S/C16H11F6NO/c17-15(18,19)11-4-1-10-7-13(23-14(10)8-11)9-2-5-12(6-3-9)24-16(20,21)22/h1-6,8,13,23H,7H2. The summed E-state index contributed by atoms with van der Waals surface area (Å²) in [6.07, 6.45) is -8.74. The van der Waals surface area contributed by atoms with Gasteiger partial charge in [-0.05, 0) is 41.8 Å². The van der Waals surface area contributed by atoms with Crippen molar-refractivity contribution >= 4 is 5.69 Å². The fourth-order valence-corrected chi connectivity index (χ4v) is 2.63. The zero-order chi connectivity index (χ0) is 17.5. The highest BCUT2D eigenvalue weighted by Gasteiger charge is 2.33. The van der Waals surface area contributed by atoms with Crippen LogP contribution in [0.5, 0.6) is 5.75 Å². The van der Waals surface area contributed by atoms with Crippen LogP contribution in [0.1, 0.15) is 22.7 Å². The average Bonchev–Trinajstić information content (AvgIpc) is 2.88. The normalized spacial score (nSPS) is 17.3. The Kier molecular flexibility index (Phi) is 3.85. The van der Waals surface area contributed by atoms with Crippen LogP contribution in [-0.2, 0) is 12.6 Å². The van der Waals surface area contributed by atoms with Crippen molar-refractivity contribution in [1.29, 1.82) is 0 Å². The number of anilines is 1. The van der Waals surface area contributed by atoms with Crippen LogP contribution in [0.15, 0.2) is 42.5 Å². The van der Waals surface area contributed by atoms with Crippen molar-refractivity contribution in [2.75, 3.05) is 5.32 Å². The van der Waals surface area contributed by atoms with Gasteiger partial charge in [0.2, 0.25) is 0 Å². The molecule has 0 bridgehead atoms. The van der Waals surface area contributed by atoms with Gasteiger partial charge < -0.3 is 10.1 Å². The van der Waals surface area contributed by atoms with E-state index in [0.29, 0.717) is 17.7 Å². The number of hydrogen-bond acceptors (Lipinski definition) is 2. The molecule has 1 atom stereocenters. The van der Waals surface area contributed by atoms with Crippen LogP contribution in [0, 0.1) is 0 Å². The third-order valence-corrected chi connectivity index (χ3v) is 3.71. The SMILES string of the molecule is FC(F)(F)Oc1ccc(C2Cc3ccc(C(F)(F)F)cc3N2)cc1. The van der Waals surface area contributed by atoms with Gasteiger partial charge in [-0.3, -0.25) is 0 Å². The number of ether oxygens (including phenoxy) is 1. The minimum atomic E-state index is -4.77. The van der Waals surface area contributed by atoms with Gasteiger partial charge in [0.15, 0.2) is 0 Å². The summed E-state index contributed by atoms with van der Waals surface area (Å²) in [6, 6.07) is 8.42. The maximum absolute atomic E-state index is 12.7. The smallest absolute Gasteiger partial charge is 0.406 e. The summed E-state index contributed by atoms with van der Waals surface area (Å²) in [5.74, 6) is -0.346. The van der Waals surface area contributed by atoms with Gasteiger partial charge in [0.05, 0.1) is 11.6 Å². The molecule has 2 aromatic carbocycles. The highest BCUT2D eigenvalue weighted by Crippen LogP contribution is 2.39. The number of fused-ring (bicyclic) bond motifs is 1. The van der Waals surface area contributed by atoms with Crippen molar-refractivity contribution in [3.63, 3.8) is 0 Å². The van der Waals surface area contributed by atoms with Gasteiger partial charge in [-0.25, -0.2) is 0 Å². The lowest BCUT2D eigenvalue weighted by Gasteiger charge is -2.14. The molecule has 2 nitrogen and oxygen atoms in total. The third-order valence-electron chi connectivity index (χ3n) is 3.71. The molecule has 1 aliphatic heterocycles. The van der Waals surface area contributed by atoms with Crippen LogP contribution in [0.3, 0.4) is 0 Å². The Balaban J connectivity index is 1.76. The van der Waals surface area contributed by atoms with Gasteiger partial charge in [-0.2, -0.15) is 13.2 Å². The lowest BCUT2D eigenvalue weighted by Crippen LogP contribution is -2.17. The zero-order valence-electron chi connectivity index (χ0n) is 12.0. The molecule has 0 amide bonds. The van der Waals surface area contributed by atoms with Crippen LogP contribution in [-0.4, -0.2) is 6.36 Å². The summed E-state index contributed by atoms with van der Waals surface area (Å²) in [6.45, 7) is 0. The number of alkyl halides is 6. The van der Waals surface area contributed by atoms with Crippen LogP contribution in [0.25, 0.3) is 0 Å². The van der Waals surface area contributed by atoms with E-state index < -0.39 is 18.1 Å². The lowest BCUT2D eigenvalue weighted by atomic mass is 10.0. The molecule has 0 fully saturated rings. The Morgan fingerprint density at radius 3 is 2.17 bits per heavy atom. The van der Waals surface area contributed by atoms with Crippen LogP contribution < -0.4 is 10.1 Å². The van der Waals surface area contributed by atoms with E-state index in [1.165, 1.54) is 30.3 Å². The summed E-state index contributed by atoms with van der Waals surface area (Å²) < 4.78 is 78.3. The number of halogens is 6. The van der Waals surface area contributed by atoms with E-state index in [4.69, 9.17) is 0 Å². The Morgan fingerprint density at radius 1 is 0.917 bits per heavy atom. The molecule has 1 aliphatic rings. The first-order valence-electron chi connectivity index (χ1n) is 6.94. The van der Waals surface area contributed by atoms with Gasteiger partial charge in [0.25, 0.3) is 0 Å². The molecular formula is C16H11F6NO. The molecular weight excluding hydrogens is 336 g/mol. The average molecular weight is 347 g/mol. The van der Waals surface area contributed by atoms with E-state index in [1.807, 2.05) is 0 Å². The minimum Gasteiger partial charge on any atom is -0.406 e. The first kappa shape index (κ1) is 16.5. The van der Waals surface area contributed by atoms with Crippen molar-refractivity contribution in [2.45, 2.75) is 25.0 Å². The molecule has 128 valence electrons. The van der Waals surface area contributed by atoms with Crippen LogP contribution in [0.2, 0.25) is 0 Å². The molecule has 0 spiro atoms. The largest absolute Gasteiger partial charge is 0.573 e. The van der Waals surface area contributed by atoms with E-state index in [-0.39, 0.29) is 11.8 Å². The van der Waals surface area contributed by atoms with Crippen LogP contribution in [0.4, 0.5) is 32.0 Å². The predicted molar refractivity (Wildman–Crippen MR) is 74.6 cm³/mol. The van der Waals surface area contributed by atoms with Crippen molar-refractivity contribution in [3.05, 3.63) is 59.2 Å². The zero-order valence-corrected chi connectivity index (χ0v) is 12.0. The van der Waals surface area contributed by atoms with E-state index >= 15 is 0 Å². The van der Waals surface area contributed by atoms with Crippen molar-refractivity contribution < 1.29 is 31.1 Å². The molecule has 3 rings (SSSR count). The second-order valence-corrected chi connectivity index (χ2v) is 5.39. The predicted octanol–water partition coefficient (Wildman–Crippen LogP) is 5.31. The summed E-state index contributed by atoms with van der Waals surface area (Å²) in [4.78, 5) is 0. The first-order valence-corrected chi connectivity index (χ1v) is 6.94. The van der Waals surface area contributed by atoms with Crippen molar-refractivity contribution in [1.82, 2.24) is 0 Å². The number of hydrogen-bond donors (Lipinski definition) is 1. The van der Waals surface area contributed by atoms with E-state index in [1.54, 1.807) is 0 Å². The van der Waals surface area contributed by atoms with Crippen molar-refractivity contribution in [2.24, 2.45) is 0 Å². The quantitative estimate of drug-likeness (QED) is 0.743. The molecule has 1 unspecified atom stereocenters. The van der Waals surface area contributed by atoms with Crippen LogP contribution >= 0.6 is 0 Å². The number of nitrogens with one attached hydrogen (secondary N) is 1. The van der Waals surface area contributed by atoms with Gasteiger partial charge >= 0.3 is 12.5 Å². The van der Waals surface area contributed by atoms with E-state index in [2.05, 4.69) is 10.1 Å². The summed E-state index contributed by atoms with van der Waals surface area (Å²) in [5, 5.41) is 2.97. The van der Waals surface area contributed by atoms with Gasteiger partial charge in [-0.15, -0.1) is 13.2 Å². The lowest BCUT2D eigenvalue weighted by molar-refractivity contribution is -0.274. The first-order chi connectivity index (χ1) is 11.1. The number of rotatable bonds is 2. The molecule has 0 aliphatic carbocycles. The topological polar surface area (TPSA) is 21.3 Å². The van der Waals surface area contributed by atoms with E-state index in [0.717, 1.165) is 17.7 Å². The second-order valence-electron chi connectivity index (χ2n) is 5.39. The number of benzene rings is 2. The molecule has 2 aromatic rings. The Labute approximate surface area is 133 Å². The molecule has 0 aromatic heterocycles. The molecule has 8 heteroatoms. The van der Waals surface area contributed by atoms with Gasteiger partial charge in [-0.1, -0.05) is 18.2 Å². The highest BCUT2D eigenvalue weighted by molar-refractivity contribution is 5.60. The van der Waals surface area contributed by atoms with Gasteiger partial charge in [0, 0.05) is 5.69 Å². The molecule has 0 saturated heterocycles. The molecule has 0 radical (unpaired) electrons. The maximum atomic E-state index is 12.7. The fraction of sp³-hybridized carbons (Fsp3) is 0.250. The Morgan fingerprint density at radius 2 is 1.58 bits per heavy atom. The van der Waals surface area contributed by atoms with Crippen molar-refractivity contribution in [3.8, 4) is 5.75 Å². The van der Waals surface area contributed by atoms with Gasteiger partial charge in [0.1, 0.15) is 5.75 Å². The highest BCUT2D eigenvalue weighted by atomic mass is 19.4. The minimum absolute atomic E-state index is 0.302. The van der Waals surface area contributed by atoms with E-state index in [9.17, 15) is 26.3 Å². The summed E-state index contributed by atoms with van der Waals surface area (Å²) >= 11 is 0. The fourth-order valence-electron chi connectivity index (χ4n) is 2.63. The molecule has 1 heterocycles. The Bertz CT molecular complexity index is 736. The third kappa shape index (κ3) is 3.58. The molecule has 24 heavy (non-hydrogen) atoms. The monoisotopic (exact) mass is 347 g/mol. The summed E-state index contributed by atoms with van der Waals surface area (Å²) in [5.41, 5.74) is 1.02. The Hall–Kier alpha value is -2.38. The maximum Gasteiger partial charge on any atom is 0.573 e.